The van der Waals surface area contributed by atoms with Gasteiger partial charge in [-0.3, -0.25) is 4.79 Å². The third kappa shape index (κ3) is 5.35. The Morgan fingerprint density at radius 2 is 1.93 bits per heavy atom. The van der Waals surface area contributed by atoms with Crippen LogP contribution in [-0.4, -0.2) is 29.0 Å². The van der Waals surface area contributed by atoms with Gasteiger partial charge in [-0.15, -0.1) is 0 Å². The second-order valence-electron chi connectivity index (χ2n) is 6.83. The Morgan fingerprint density at radius 3 is 2.59 bits per heavy atom. The first-order valence-electron chi connectivity index (χ1n) is 9.14. The number of phenols is 1. The van der Waals surface area contributed by atoms with Gasteiger partial charge in [0.1, 0.15) is 17.4 Å². The predicted molar refractivity (Wildman–Crippen MR) is 105 cm³/mol. The average Bonchev–Trinajstić information content (AvgIpc) is 2.68. The molecule has 1 fully saturated rings. The molecule has 1 amide bonds. The van der Waals surface area contributed by atoms with Crippen molar-refractivity contribution in [2.75, 3.05) is 18.4 Å². The van der Waals surface area contributed by atoms with Crippen molar-refractivity contribution in [3.8, 4) is 11.8 Å². The molecular weight excluding hydrogens is 338 g/mol. The van der Waals surface area contributed by atoms with Gasteiger partial charge in [-0.1, -0.05) is 36.4 Å². The van der Waals surface area contributed by atoms with Crippen LogP contribution in [0.2, 0.25) is 0 Å². The van der Waals surface area contributed by atoms with E-state index >= 15 is 0 Å². The fourth-order valence-electron chi connectivity index (χ4n) is 3.34. The number of hydrogen-bond acceptors (Lipinski definition) is 4. The Labute approximate surface area is 159 Å². The molecule has 27 heavy (non-hydrogen) atoms. The normalized spacial score (nSPS) is 15.2. The zero-order chi connectivity index (χ0) is 19.1. The summed E-state index contributed by atoms with van der Waals surface area (Å²) in [5.74, 6) is 0.231. The van der Waals surface area contributed by atoms with Crippen molar-refractivity contribution < 1.29 is 9.90 Å². The molecular formula is C22H23N3O2. The molecule has 3 rings (SSSR count). The van der Waals surface area contributed by atoms with Crippen molar-refractivity contribution in [3.63, 3.8) is 0 Å². The highest BCUT2D eigenvalue weighted by atomic mass is 16.3. The van der Waals surface area contributed by atoms with E-state index in [0.717, 1.165) is 32.4 Å². The molecule has 1 aliphatic heterocycles. The lowest BCUT2D eigenvalue weighted by Crippen LogP contribution is -2.31. The number of nitriles is 1. The van der Waals surface area contributed by atoms with Crippen molar-refractivity contribution in [2.24, 2.45) is 5.92 Å². The highest BCUT2D eigenvalue weighted by Gasteiger charge is 2.19. The number of aromatic hydroxyl groups is 1. The van der Waals surface area contributed by atoms with Crippen LogP contribution in [0.3, 0.4) is 0 Å². The maximum absolute atomic E-state index is 12.3. The van der Waals surface area contributed by atoms with Crippen LogP contribution in [-0.2, 0) is 11.2 Å². The number of carbonyl (C=O) groups excluding carboxylic acids is 1. The molecule has 0 spiro atoms. The molecule has 0 bridgehead atoms. The summed E-state index contributed by atoms with van der Waals surface area (Å²) in [5.41, 5.74) is 1.89. The molecule has 0 atom stereocenters. The maximum atomic E-state index is 12.3. The van der Waals surface area contributed by atoms with Crippen LogP contribution in [0.4, 0.5) is 5.69 Å². The molecule has 1 heterocycles. The monoisotopic (exact) mass is 361 g/mol. The molecule has 0 radical (unpaired) electrons. The predicted octanol–water partition coefficient (Wildman–Crippen LogP) is 3.69. The van der Waals surface area contributed by atoms with Gasteiger partial charge < -0.3 is 15.3 Å². The van der Waals surface area contributed by atoms with Gasteiger partial charge >= 0.3 is 0 Å². The average molecular weight is 361 g/mol. The zero-order valence-corrected chi connectivity index (χ0v) is 15.1. The van der Waals surface area contributed by atoms with E-state index in [0.29, 0.717) is 11.6 Å². The third-order valence-corrected chi connectivity index (χ3v) is 4.80. The van der Waals surface area contributed by atoms with Gasteiger partial charge in [-0.05, 0) is 42.9 Å². The highest BCUT2D eigenvalue weighted by Crippen LogP contribution is 2.22. The van der Waals surface area contributed by atoms with Gasteiger partial charge in [0.05, 0.1) is 0 Å². The van der Waals surface area contributed by atoms with E-state index in [-0.39, 0.29) is 11.3 Å². The van der Waals surface area contributed by atoms with E-state index in [1.54, 1.807) is 18.3 Å². The number of anilines is 1. The minimum atomic E-state index is -0.463. The summed E-state index contributed by atoms with van der Waals surface area (Å²) in [5, 5.41) is 21.5. The van der Waals surface area contributed by atoms with Gasteiger partial charge in [0.25, 0.3) is 5.91 Å². The molecule has 2 aromatic carbocycles. The second kappa shape index (κ2) is 8.91. The van der Waals surface area contributed by atoms with Crippen molar-refractivity contribution in [1.29, 1.82) is 5.26 Å². The number of rotatable bonds is 5. The number of benzene rings is 2. The van der Waals surface area contributed by atoms with Crippen molar-refractivity contribution >= 4 is 11.6 Å². The van der Waals surface area contributed by atoms with Crippen LogP contribution in [0.15, 0.2) is 66.4 Å². The summed E-state index contributed by atoms with van der Waals surface area (Å²) in [6.45, 7) is 1.67. The van der Waals surface area contributed by atoms with E-state index in [9.17, 15) is 15.2 Å². The molecule has 0 unspecified atom stereocenters. The first-order chi connectivity index (χ1) is 13.1. The molecule has 0 aliphatic carbocycles. The Hall–Kier alpha value is -3.26. The minimum absolute atomic E-state index is 0.0655. The van der Waals surface area contributed by atoms with Gasteiger partial charge in [-0.25, -0.2) is 0 Å². The summed E-state index contributed by atoms with van der Waals surface area (Å²) < 4.78 is 0. The zero-order valence-electron chi connectivity index (χ0n) is 15.1. The topological polar surface area (TPSA) is 76.4 Å². The van der Waals surface area contributed by atoms with Crippen LogP contribution in [0, 0.1) is 17.2 Å². The number of nitrogens with zero attached hydrogens (tertiary/aromatic N) is 2. The van der Waals surface area contributed by atoms with Crippen LogP contribution in [0.1, 0.15) is 18.4 Å². The summed E-state index contributed by atoms with van der Waals surface area (Å²) in [6.07, 6.45) is 4.80. The number of hydrogen-bond donors (Lipinski definition) is 2. The number of piperidine rings is 1. The quantitative estimate of drug-likeness (QED) is 0.629. The molecule has 138 valence electrons. The number of carbonyl (C=O) groups is 1. The summed E-state index contributed by atoms with van der Waals surface area (Å²) >= 11 is 0. The number of amides is 1. The first kappa shape index (κ1) is 18.5. The number of likely N-dealkylation sites (tertiary alicyclic amines) is 1. The molecule has 2 N–H and O–H groups in total. The number of phenolic OH excluding ortho intramolecular Hbond substituents is 1. The molecule has 0 aromatic heterocycles. The lowest BCUT2D eigenvalue weighted by Gasteiger charge is -2.31. The molecule has 1 aliphatic rings. The largest absolute Gasteiger partial charge is 0.508 e. The van der Waals surface area contributed by atoms with Crippen molar-refractivity contribution in [3.05, 3.63) is 71.9 Å². The fraction of sp³-hybridized carbons (Fsp3) is 0.273. The van der Waals surface area contributed by atoms with E-state index < -0.39 is 5.91 Å². The molecule has 0 saturated carbocycles. The fourth-order valence-corrected chi connectivity index (χ4v) is 3.34. The lowest BCUT2D eigenvalue weighted by molar-refractivity contribution is -0.112. The van der Waals surface area contributed by atoms with E-state index in [1.807, 2.05) is 17.0 Å². The van der Waals surface area contributed by atoms with Crippen LogP contribution in [0.25, 0.3) is 0 Å². The van der Waals surface area contributed by atoms with Gasteiger partial charge in [-0.2, -0.15) is 5.26 Å². The van der Waals surface area contributed by atoms with Gasteiger partial charge in [0, 0.05) is 31.0 Å². The first-order valence-corrected chi connectivity index (χ1v) is 9.14. The minimum Gasteiger partial charge on any atom is -0.508 e. The van der Waals surface area contributed by atoms with E-state index in [1.165, 1.54) is 17.7 Å². The SMILES string of the molecule is N#C/C(=C/N1CCC(Cc2ccccc2)CC1)C(=O)Nc1cccc(O)c1. The second-order valence-corrected chi connectivity index (χ2v) is 6.83. The summed E-state index contributed by atoms with van der Waals surface area (Å²) in [4.78, 5) is 14.4. The lowest BCUT2D eigenvalue weighted by atomic mass is 9.90. The molecule has 5 heteroatoms. The van der Waals surface area contributed by atoms with Crippen molar-refractivity contribution in [2.45, 2.75) is 19.3 Å². The van der Waals surface area contributed by atoms with Crippen LogP contribution < -0.4 is 5.32 Å². The Morgan fingerprint density at radius 1 is 1.19 bits per heavy atom. The molecule has 2 aromatic rings. The van der Waals surface area contributed by atoms with E-state index in [4.69, 9.17) is 0 Å². The summed E-state index contributed by atoms with van der Waals surface area (Å²) in [6, 6.07) is 18.7. The Balaban J connectivity index is 1.55. The van der Waals surface area contributed by atoms with Crippen LogP contribution in [0.5, 0.6) is 5.75 Å². The smallest absolute Gasteiger partial charge is 0.267 e. The molecule has 5 nitrogen and oxygen atoms in total. The molecule has 1 saturated heterocycles. The van der Waals surface area contributed by atoms with Gasteiger partial charge in [0.15, 0.2) is 0 Å². The van der Waals surface area contributed by atoms with E-state index in [2.05, 4.69) is 29.6 Å². The Bertz CT molecular complexity index is 847. The van der Waals surface area contributed by atoms with Gasteiger partial charge in [0.2, 0.25) is 0 Å². The number of nitrogens with one attached hydrogen (secondary N) is 1. The van der Waals surface area contributed by atoms with Crippen LogP contribution >= 0.6 is 0 Å². The highest BCUT2D eigenvalue weighted by molar-refractivity contribution is 6.06. The van der Waals surface area contributed by atoms with Crippen molar-refractivity contribution in [1.82, 2.24) is 4.90 Å². The summed E-state index contributed by atoms with van der Waals surface area (Å²) in [7, 11) is 0. The maximum Gasteiger partial charge on any atom is 0.267 e. The Kier molecular flexibility index (Phi) is 6.11. The third-order valence-electron chi connectivity index (χ3n) is 4.80. The standard InChI is InChI=1S/C22H23N3O2/c23-15-19(22(27)24-20-7-4-8-21(26)14-20)16-25-11-9-18(10-12-25)13-17-5-2-1-3-6-17/h1-8,14,16,18,26H,9-13H2,(H,24,27)/b19-16-.